The van der Waals surface area contributed by atoms with Gasteiger partial charge in [0.15, 0.2) is 0 Å². The fraction of sp³-hybridized carbons (Fsp3) is 0.423. The molecule has 7 heteroatoms. The summed E-state index contributed by atoms with van der Waals surface area (Å²) in [4.78, 5) is 35.8. The number of alkyl carbamates (subject to hydrolysis) is 1. The second-order valence-electron chi connectivity index (χ2n) is 8.90. The fourth-order valence-corrected chi connectivity index (χ4v) is 4.70. The zero-order valence-corrected chi connectivity index (χ0v) is 18.8. The Hall–Kier alpha value is -3.35. The Balaban J connectivity index is 1.29. The van der Waals surface area contributed by atoms with Gasteiger partial charge in [0.2, 0.25) is 5.91 Å². The van der Waals surface area contributed by atoms with Gasteiger partial charge < -0.3 is 20.5 Å². The van der Waals surface area contributed by atoms with E-state index in [-0.39, 0.29) is 42.7 Å². The van der Waals surface area contributed by atoms with Crippen LogP contribution in [0.2, 0.25) is 0 Å². The standard InChI is InChI=1S/C26H30N2O5/c1-2-7-17(13-24(29)27-14-16-12-22(16)25(30)31)28-26(32)33-15-23-20-10-5-3-8-18(20)19-9-4-6-11-21(19)23/h3-6,8-11,16-17,22-23H,2,7,12-15H2,1H3,(H,27,29)(H,28,32)(H,30,31)/t16?,17-,22?/m0/s1. The van der Waals surface area contributed by atoms with Gasteiger partial charge in [-0.15, -0.1) is 0 Å². The van der Waals surface area contributed by atoms with Gasteiger partial charge in [-0.05, 0) is 41.0 Å². The van der Waals surface area contributed by atoms with Crippen LogP contribution in [-0.2, 0) is 14.3 Å². The van der Waals surface area contributed by atoms with Crippen LogP contribution in [0.15, 0.2) is 48.5 Å². The van der Waals surface area contributed by atoms with E-state index in [1.807, 2.05) is 31.2 Å². The maximum Gasteiger partial charge on any atom is 0.407 e. The summed E-state index contributed by atoms with van der Waals surface area (Å²) in [5, 5.41) is 14.6. The summed E-state index contributed by atoms with van der Waals surface area (Å²) in [6, 6.07) is 16.0. The highest BCUT2D eigenvalue weighted by Crippen LogP contribution is 2.44. The molecule has 0 radical (unpaired) electrons. The molecule has 2 amide bonds. The topological polar surface area (TPSA) is 105 Å². The van der Waals surface area contributed by atoms with Crippen molar-refractivity contribution in [3.63, 3.8) is 0 Å². The van der Waals surface area contributed by atoms with E-state index in [1.54, 1.807) is 0 Å². The van der Waals surface area contributed by atoms with E-state index in [9.17, 15) is 14.4 Å². The van der Waals surface area contributed by atoms with Gasteiger partial charge in [0, 0.05) is 24.9 Å². The molecule has 2 aromatic rings. The Morgan fingerprint density at radius 3 is 2.27 bits per heavy atom. The van der Waals surface area contributed by atoms with Crippen LogP contribution in [0.5, 0.6) is 0 Å². The van der Waals surface area contributed by atoms with E-state index in [0.29, 0.717) is 19.4 Å². The molecule has 0 saturated heterocycles. The molecule has 4 rings (SSSR count). The van der Waals surface area contributed by atoms with Crippen LogP contribution in [0, 0.1) is 11.8 Å². The Morgan fingerprint density at radius 1 is 1.06 bits per heavy atom. The Bertz CT molecular complexity index is 991. The van der Waals surface area contributed by atoms with Gasteiger partial charge in [-0.25, -0.2) is 4.79 Å². The summed E-state index contributed by atoms with van der Waals surface area (Å²) in [6.45, 7) is 2.58. The number of benzene rings is 2. The summed E-state index contributed by atoms with van der Waals surface area (Å²) in [6.07, 6.45) is 1.68. The van der Waals surface area contributed by atoms with Crippen molar-refractivity contribution in [3.8, 4) is 11.1 Å². The monoisotopic (exact) mass is 450 g/mol. The van der Waals surface area contributed by atoms with E-state index in [1.165, 1.54) is 11.1 Å². The van der Waals surface area contributed by atoms with Crippen molar-refractivity contribution in [2.45, 2.75) is 44.6 Å². The molecule has 2 unspecified atom stereocenters. The molecule has 2 aliphatic carbocycles. The molecule has 0 bridgehead atoms. The van der Waals surface area contributed by atoms with Crippen LogP contribution in [-0.4, -0.2) is 42.3 Å². The number of carbonyl (C=O) groups is 3. The number of rotatable bonds is 10. The second-order valence-corrected chi connectivity index (χ2v) is 8.90. The van der Waals surface area contributed by atoms with Crippen molar-refractivity contribution in [3.05, 3.63) is 59.7 Å². The minimum absolute atomic E-state index is 0.00571. The molecular formula is C26H30N2O5. The molecule has 2 aliphatic rings. The molecule has 0 spiro atoms. The molecule has 3 atom stereocenters. The summed E-state index contributed by atoms with van der Waals surface area (Å²) in [5.74, 6) is -1.36. The number of nitrogens with one attached hydrogen (secondary N) is 2. The first-order chi connectivity index (χ1) is 16.0. The van der Waals surface area contributed by atoms with Gasteiger partial charge in [-0.1, -0.05) is 61.9 Å². The van der Waals surface area contributed by atoms with Crippen molar-refractivity contribution in [1.29, 1.82) is 0 Å². The zero-order valence-electron chi connectivity index (χ0n) is 18.8. The molecule has 0 heterocycles. The van der Waals surface area contributed by atoms with Crippen molar-refractivity contribution in [1.82, 2.24) is 10.6 Å². The van der Waals surface area contributed by atoms with Gasteiger partial charge in [0.25, 0.3) is 0 Å². The van der Waals surface area contributed by atoms with Crippen LogP contribution in [0.3, 0.4) is 0 Å². The lowest BCUT2D eigenvalue weighted by atomic mass is 9.98. The van der Waals surface area contributed by atoms with Gasteiger partial charge in [0.05, 0.1) is 5.92 Å². The smallest absolute Gasteiger partial charge is 0.407 e. The summed E-state index contributed by atoms with van der Waals surface area (Å²) < 4.78 is 5.60. The zero-order chi connectivity index (χ0) is 23.4. The number of carboxylic acid groups (broad SMARTS) is 1. The average molecular weight is 451 g/mol. The third-order valence-corrected chi connectivity index (χ3v) is 6.54. The minimum atomic E-state index is -0.810. The molecule has 3 N–H and O–H groups in total. The number of ether oxygens (including phenoxy) is 1. The number of aliphatic carboxylic acids is 1. The number of carboxylic acids is 1. The first kappa shape index (κ1) is 22.8. The highest BCUT2D eigenvalue weighted by atomic mass is 16.5. The summed E-state index contributed by atoms with van der Waals surface area (Å²) in [7, 11) is 0. The van der Waals surface area contributed by atoms with Crippen LogP contribution in [0.1, 0.15) is 49.7 Å². The molecular weight excluding hydrogens is 420 g/mol. The highest BCUT2D eigenvalue weighted by Gasteiger charge is 2.43. The molecule has 1 saturated carbocycles. The van der Waals surface area contributed by atoms with Crippen molar-refractivity contribution in [2.75, 3.05) is 13.2 Å². The third kappa shape index (κ3) is 5.35. The molecule has 7 nitrogen and oxygen atoms in total. The molecule has 174 valence electrons. The lowest BCUT2D eigenvalue weighted by Crippen LogP contribution is -2.40. The second kappa shape index (κ2) is 10.1. The van der Waals surface area contributed by atoms with E-state index < -0.39 is 12.1 Å². The highest BCUT2D eigenvalue weighted by molar-refractivity contribution is 5.80. The molecule has 0 aliphatic heterocycles. The van der Waals surface area contributed by atoms with Gasteiger partial charge in [-0.3, -0.25) is 9.59 Å². The van der Waals surface area contributed by atoms with Crippen molar-refractivity contribution >= 4 is 18.0 Å². The largest absolute Gasteiger partial charge is 0.481 e. The SMILES string of the molecule is CCC[C@@H](CC(=O)NCC1CC1C(=O)O)NC(=O)OCC1c2ccccc2-c2ccccc21. The molecule has 2 aromatic carbocycles. The molecule has 0 aromatic heterocycles. The maximum absolute atomic E-state index is 12.6. The average Bonchev–Trinajstić information content (AvgIpc) is 3.52. The van der Waals surface area contributed by atoms with E-state index in [4.69, 9.17) is 9.84 Å². The minimum Gasteiger partial charge on any atom is -0.481 e. The molecule has 1 fully saturated rings. The summed E-state index contributed by atoms with van der Waals surface area (Å²) in [5.41, 5.74) is 4.64. The first-order valence-electron chi connectivity index (χ1n) is 11.6. The van der Waals surface area contributed by atoms with E-state index in [2.05, 4.69) is 34.9 Å². The Kier molecular flexibility index (Phi) is 6.96. The van der Waals surface area contributed by atoms with Crippen LogP contribution < -0.4 is 10.6 Å². The number of amides is 2. The fourth-order valence-electron chi connectivity index (χ4n) is 4.70. The van der Waals surface area contributed by atoms with Crippen LogP contribution in [0.25, 0.3) is 11.1 Å². The number of fused-ring (bicyclic) bond motifs is 3. The predicted octanol–water partition coefficient (Wildman–Crippen LogP) is 3.92. The van der Waals surface area contributed by atoms with Gasteiger partial charge in [0.1, 0.15) is 6.61 Å². The number of carbonyl (C=O) groups excluding carboxylic acids is 2. The van der Waals surface area contributed by atoms with Crippen molar-refractivity contribution < 1.29 is 24.2 Å². The predicted molar refractivity (Wildman–Crippen MR) is 124 cm³/mol. The van der Waals surface area contributed by atoms with Crippen molar-refractivity contribution in [2.24, 2.45) is 11.8 Å². The molecule has 33 heavy (non-hydrogen) atoms. The summed E-state index contributed by atoms with van der Waals surface area (Å²) >= 11 is 0. The first-order valence-corrected chi connectivity index (χ1v) is 11.6. The number of hydrogen-bond donors (Lipinski definition) is 3. The third-order valence-electron chi connectivity index (χ3n) is 6.54. The quantitative estimate of drug-likeness (QED) is 0.509. The normalized spacial score (nSPS) is 19.2. The lowest BCUT2D eigenvalue weighted by molar-refractivity contribution is -0.139. The van der Waals surface area contributed by atoms with E-state index >= 15 is 0 Å². The maximum atomic E-state index is 12.6. The lowest BCUT2D eigenvalue weighted by Gasteiger charge is -2.19. The van der Waals surface area contributed by atoms with Gasteiger partial charge in [-0.2, -0.15) is 0 Å². The van der Waals surface area contributed by atoms with E-state index in [0.717, 1.165) is 17.5 Å². The van der Waals surface area contributed by atoms with Crippen LogP contribution >= 0.6 is 0 Å². The van der Waals surface area contributed by atoms with Crippen LogP contribution in [0.4, 0.5) is 4.79 Å². The Morgan fingerprint density at radius 2 is 1.70 bits per heavy atom. The number of hydrogen-bond acceptors (Lipinski definition) is 4. The van der Waals surface area contributed by atoms with Gasteiger partial charge >= 0.3 is 12.1 Å². The Labute approximate surface area is 193 Å².